The molecule has 2 rings (SSSR count). The van der Waals surface area contributed by atoms with Crippen LogP contribution in [0.5, 0.6) is 11.5 Å². The van der Waals surface area contributed by atoms with Gasteiger partial charge in [-0.2, -0.15) is 0 Å². The van der Waals surface area contributed by atoms with E-state index in [-0.39, 0.29) is 0 Å². The lowest BCUT2D eigenvalue weighted by Crippen LogP contribution is -1.85. The zero-order chi connectivity index (χ0) is 19.7. The molecular weight excluding hydrogens is 332 g/mol. The van der Waals surface area contributed by atoms with Crippen LogP contribution in [0.15, 0.2) is 48.5 Å². The molecule has 0 aliphatic heterocycles. The summed E-state index contributed by atoms with van der Waals surface area (Å²) in [5, 5.41) is 18.2. The summed E-state index contributed by atoms with van der Waals surface area (Å²) in [4.78, 5) is 0. The van der Waals surface area contributed by atoms with Gasteiger partial charge in [-0.3, -0.25) is 0 Å². The number of hydrogen-bond acceptors (Lipinski definition) is 2. The predicted molar refractivity (Wildman–Crippen MR) is 117 cm³/mol. The molecule has 0 amide bonds. The Balaban J connectivity index is 0.000000271. The van der Waals surface area contributed by atoms with E-state index in [1.165, 1.54) is 68.9 Å². The Morgan fingerprint density at radius 1 is 0.481 bits per heavy atom. The van der Waals surface area contributed by atoms with Crippen molar-refractivity contribution in [3.8, 4) is 11.5 Å². The van der Waals surface area contributed by atoms with Crippen molar-refractivity contribution in [1.82, 2.24) is 0 Å². The van der Waals surface area contributed by atoms with Gasteiger partial charge >= 0.3 is 0 Å². The first-order chi connectivity index (χ1) is 13.2. The van der Waals surface area contributed by atoms with Gasteiger partial charge in [0.1, 0.15) is 11.5 Å². The number of phenols is 2. The van der Waals surface area contributed by atoms with E-state index in [1.54, 1.807) is 24.3 Å². The quantitative estimate of drug-likeness (QED) is 0.404. The van der Waals surface area contributed by atoms with Crippen LogP contribution in [0.4, 0.5) is 0 Å². The van der Waals surface area contributed by atoms with Crippen molar-refractivity contribution in [2.45, 2.75) is 84.5 Å². The van der Waals surface area contributed by atoms with Gasteiger partial charge in [0.2, 0.25) is 0 Å². The Bertz CT molecular complexity index is 572. The van der Waals surface area contributed by atoms with Crippen LogP contribution in [-0.4, -0.2) is 10.2 Å². The van der Waals surface area contributed by atoms with Crippen LogP contribution in [0.2, 0.25) is 0 Å². The lowest BCUT2D eigenvalue weighted by Gasteiger charge is -2.01. The highest BCUT2D eigenvalue weighted by Crippen LogP contribution is 2.13. The SMILES string of the molecule is CCCCCCCc1ccc(O)cc1.CCCCCCc1ccc(O)cc1. The van der Waals surface area contributed by atoms with Crippen LogP contribution in [0.25, 0.3) is 0 Å². The maximum Gasteiger partial charge on any atom is 0.115 e. The Hall–Kier alpha value is -1.96. The van der Waals surface area contributed by atoms with Crippen LogP contribution >= 0.6 is 0 Å². The molecule has 0 heterocycles. The number of unbranched alkanes of at least 4 members (excludes halogenated alkanes) is 7. The number of phenolic OH excluding ortho intramolecular Hbond substituents is 2. The Kier molecular flexibility index (Phi) is 12.9. The molecule has 2 N–H and O–H groups in total. The average molecular weight is 371 g/mol. The zero-order valence-corrected chi connectivity index (χ0v) is 17.3. The number of aromatic hydroxyl groups is 2. The van der Waals surface area contributed by atoms with Gasteiger partial charge in [-0.25, -0.2) is 0 Å². The molecule has 0 saturated heterocycles. The molecule has 0 aromatic heterocycles. The Morgan fingerprint density at radius 2 is 0.815 bits per heavy atom. The number of hydrogen-bond donors (Lipinski definition) is 2. The van der Waals surface area contributed by atoms with Crippen molar-refractivity contribution in [3.63, 3.8) is 0 Å². The second-order valence-electron chi connectivity index (χ2n) is 7.31. The summed E-state index contributed by atoms with van der Waals surface area (Å²) < 4.78 is 0. The van der Waals surface area contributed by atoms with Gasteiger partial charge in [0.25, 0.3) is 0 Å². The molecular formula is C25H38O2. The van der Waals surface area contributed by atoms with E-state index in [4.69, 9.17) is 10.2 Å². The highest BCUT2D eigenvalue weighted by atomic mass is 16.3. The number of aryl methyl sites for hydroxylation is 2. The molecule has 2 aromatic rings. The summed E-state index contributed by atoms with van der Waals surface area (Å²) >= 11 is 0. The van der Waals surface area contributed by atoms with Crippen molar-refractivity contribution >= 4 is 0 Å². The van der Waals surface area contributed by atoms with Gasteiger partial charge in [0.15, 0.2) is 0 Å². The summed E-state index contributed by atoms with van der Waals surface area (Å²) in [7, 11) is 0. The molecule has 0 bridgehead atoms. The van der Waals surface area contributed by atoms with Crippen LogP contribution in [-0.2, 0) is 12.8 Å². The molecule has 0 aliphatic carbocycles. The molecule has 0 saturated carbocycles. The van der Waals surface area contributed by atoms with Gasteiger partial charge in [0, 0.05) is 0 Å². The highest BCUT2D eigenvalue weighted by Gasteiger charge is 1.94. The summed E-state index contributed by atoms with van der Waals surface area (Å²) in [6, 6.07) is 15.1. The molecule has 0 radical (unpaired) electrons. The largest absolute Gasteiger partial charge is 0.508 e. The number of rotatable bonds is 11. The summed E-state index contributed by atoms with van der Waals surface area (Å²) in [5.41, 5.74) is 2.66. The minimum absolute atomic E-state index is 0.359. The van der Waals surface area contributed by atoms with Gasteiger partial charge < -0.3 is 10.2 Å². The monoisotopic (exact) mass is 370 g/mol. The van der Waals surface area contributed by atoms with Crippen molar-refractivity contribution < 1.29 is 10.2 Å². The average Bonchev–Trinajstić information content (AvgIpc) is 2.68. The minimum Gasteiger partial charge on any atom is -0.508 e. The van der Waals surface area contributed by atoms with E-state index in [0.717, 1.165) is 12.8 Å². The van der Waals surface area contributed by atoms with E-state index < -0.39 is 0 Å². The molecule has 0 atom stereocenters. The van der Waals surface area contributed by atoms with E-state index in [1.807, 2.05) is 24.3 Å². The topological polar surface area (TPSA) is 40.5 Å². The molecule has 2 nitrogen and oxygen atoms in total. The third kappa shape index (κ3) is 12.1. The molecule has 150 valence electrons. The van der Waals surface area contributed by atoms with Gasteiger partial charge in [-0.15, -0.1) is 0 Å². The maximum absolute atomic E-state index is 9.10. The van der Waals surface area contributed by atoms with Crippen LogP contribution in [0, 0.1) is 0 Å². The fourth-order valence-corrected chi connectivity index (χ4v) is 3.01. The van der Waals surface area contributed by atoms with Crippen molar-refractivity contribution in [2.24, 2.45) is 0 Å². The molecule has 0 fully saturated rings. The summed E-state index contributed by atoms with van der Waals surface area (Å²) in [6.45, 7) is 4.46. The van der Waals surface area contributed by atoms with Crippen LogP contribution in [0.3, 0.4) is 0 Å². The molecule has 0 unspecified atom stereocenters. The highest BCUT2D eigenvalue weighted by molar-refractivity contribution is 5.26. The lowest BCUT2D eigenvalue weighted by molar-refractivity contribution is 0.474. The molecule has 0 spiro atoms. The summed E-state index contributed by atoms with van der Waals surface area (Å²) in [5.74, 6) is 0.719. The van der Waals surface area contributed by atoms with Gasteiger partial charge in [-0.05, 0) is 61.1 Å². The van der Waals surface area contributed by atoms with E-state index >= 15 is 0 Å². The fraction of sp³-hybridized carbons (Fsp3) is 0.520. The second kappa shape index (κ2) is 15.1. The first kappa shape index (κ1) is 23.1. The first-order valence-corrected chi connectivity index (χ1v) is 10.7. The lowest BCUT2D eigenvalue weighted by atomic mass is 10.1. The molecule has 0 aliphatic rings. The molecule has 27 heavy (non-hydrogen) atoms. The summed E-state index contributed by atoms with van der Waals surface area (Å²) in [6.07, 6.45) is 14.1. The van der Waals surface area contributed by atoms with Crippen LogP contribution in [0.1, 0.15) is 82.8 Å². The standard InChI is InChI=1S/C13H20O.C12H18O/c1-2-3-4-5-6-7-12-8-10-13(14)11-9-12;1-2-3-4-5-6-11-7-9-12(13)10-8-11/h8-11,14H,2-7H2,1H3;7-10,13H,2-6H2,1H3. The van der Waals surface area contributed by atoms with Gasteiger partial charge in [-0.1, -0.05) is 83.1 Å². The van der Waals surface area contributed by atoms with E-state index in [0.29, 0.717) is 11.5 Å². The van der Waals surface area contributed by atoms with Gasteiger partial charge in [0.05, 0.1) is 0 Å². The maximum atomic E-state index is 9.10. The third-order valence-electron chi connectivity index (χ3n) is 4.76. The van der Waals surface area contributed by atoms with E-state index in [9.17, 15) is 0 Å². The minimum atomic E-state index is 0.359. The van der Waals surface area contributed by atoms with E-state index in [2.05, 4.69) is 13.8 Å². The zero-order valence-electron chi connectivity index (χ0n) is 17.3. The van der Waals surface area contributed by atoms with Crippen molar-refractivity contribution in [2.75, 3.05) is 0 Å². The predicted octanol–water partition coefficient (Wildman–Crippen LogP) is 7.42. The fourth-order valence-electron chi connectivity index (χ4n) is 3.01. The van der Waals surface area contributed by atoms with Crippen LogP contribution < -0.4 is 0 Å². The Morgan fingerprint density at radius 3 is 1.19 bits per heavy atom. The molecule has 2 heteroatoms. The second-order valence-corrected chi connectivity index (χ2v) is 7.31. The third-order valence-corrected chi connectivity index (χ3v) is 4.76. The normalized spacial score (nSPS) is 10.3. The van der Waals surface area contributed by atoms with Crippen molar-refractivity contribution in [1.29, 1.82) is 0 Å². The number of benzene rings is 2. The smallest absolute Gasteiger partial charge is 0.115 e. The first-order valence-electron chi connectivity index (χ1n) is 10.7. The van der Waals surface area contributed by atoms with Crippen molar-refractivity contribution in [3.05, 3.63) is 59.7 Å². The molecule has 2 aromatic carbocycles. The Labute approximate surface area is 166 Å².